The minimum absolute atomic E-state index is 0.969. The molecule has 0 amide bonds. The summed E-state index contributed by atoms with van der Waals surface area (Å²) in [7, 11) is 0. The summed E-state index contributed by atoms with van der Waals surface area (Å²) in [4.78, 5) is 1.35. The van der Waals surface area contributed by atoms with Gasteiger partial charge in [-0.05, 0) is 37.2 Å². The Balaban J connectivity index is 1.78. The average molecular weight is 274 g/mol. The number of hydrogen-bond acceptors (Lipinski definition) is 2. The van der Waals surface area contributed by atoms with E-state index in [0.29, 0.717) is 0 Å². The highest BCUT2D eigenvalue weighted by Crippen LogP contribution is 2.17. The van der Waals surface area contributed by atoms with E-state index >= 15 is 0 Å². The number of hydrogen-bond donors (Lipinski definition) is 1. The van der Waals surface area contributed by atoms with Crippen LogP contribution in [-0.4, -0.2) is 16.9 Å². The highest BCUT2D eigenvalue weighted by molar-refractivity contribution is 7.99. The van der Waals surface area contributed by atoms with Crippen molar-refractivity contribution >= 4 is 11.8 Å². The maximum Gasteiger partial charge on any atom is 0.0359 e. The Kier molecular flexibility index (Phi) is 6.05. The van der Waals surface area contributed by atoms with Crippen LogP contribution in [0.3, 0.4) is 0 Å². The first-order chi connectivity index (χ1) is 9.40. The lowest BCUT2D eigenvalue weighted by Gasteiger charge is -2.10. The minimum Gasteiger partial charge on any atom is -0.349 e. The van der Waals surface area contributed by atoms with Gasteiger partial charge in [0.05, 0.1) is 0 Å². The molecular formula is C16H22N2S. The Labute approximate surface area is 120 Å². The molecule has 0 saturated carbocycles. The normalized spacial score (nSPS) is 10.8. The zero-order valence-corrected chi connectivity index (χ0v) is 12.3. The van der Waals surface area contributed by atoms with Crippen LogP contribution in [-0.2, 0) is 13.1 Å². The van der Waals surface area contributed by atoms with Crippen molar-refractivity contribution < 1.29 is 0 Å². The maximum atomic E-state index is 3.46. The number of nitrogens with one attached hydrogen (secondary N) is 1. The Hall–Kier alpha value is -1.19. The summed E-state index contributed by atoms with van der Waals surface area (Å²) in [6.07, 6.45) is 3.36. The highest BCUT2D eigenvalue weighted by Gasteiger charge is 2.00. The van der Waals surface area contributed by atoms with Crippen LogP contribution in [0.15, 0.2) is 53.6 Å². The van der Waals surface area contributed by atoms with Gasteiger partial charge in [-0.1, -0.05) is 25.1 Å². The van der Waals surface area contributed by atoms with E-state index in [4.69, 9.17) is 0 Å². The van der Waals surface area contributed by atoms with E-state index in [9.17, 15) is 0 Å². The van der Waals surface area contributed by atoms with Crippen molar-refractivity contribution in [2.75, 3.05) is 12.3 Å². The third-order valence-corrected chi connectivity index (χ3v) is 3.99. The van der Waals surface area contributed by atoms with Crippen molar-refractivity contribution in [2.45, 2.75) is 31.3 Å². The number of benzene rings is 1. The molecule has 1 N–H and O–H groups in total. The van der Waals surface area contributed by atoms with Crippen LogP contribution in [0.25, 0.3) is 0 Å². The van der Waals surface area contributed by atoms with Crippen molar-refractivity contribution in [1.82, 2.24) is 9.88 Å². The fourth-order valence-corrected chi connectivity index (χ4v) is 2.87. The van der Waals surface area contributed by atoms with Gasteiger partial charge in [-0.15, -0.1) is 11.8 Å². The molecular weight excluding hydrogens is 252 g/mol. The zero-order chi connectivity index (χ0) is 13.3. The lowest BCUT2D eigenvalue weighted by molar-refractivity contribution is 0.624. The molecule has 0 fully saturated rings. The summed E-state index contributed by atoms with van der Waals surface area (Å²) in [5.74, 6) is 1.11. The molecule has 0 atom stereocenters. The van der Waals surface area contributed by atoms with Gasteiger partial charge in [-0.3, -0.25) is 0 Å². The number of nitrogens with zero attached hydrogens (tertiary/aromatic N) is 1. The summed E-state index contributed by atoms with van der Waals surface area (Å²) in [5, 5.41) is 3.46. The summed E-state index contributed by atoms with van der Waals surface area (Å²) in [5.41, 5.74) is 1.38. The molecule has 0 spiro atoms. The van der Waals surface area contributed by atoms with Crippen LogP contribution in [0.5, 0.6) is 0 Å². The molecule has 2 aromatic rings. The Morgan fingerprint density at radius 2 is 1.95 bits per heavy atom. The van der Waals surface area contributed by atoms with E-state index < -0.39 is 0 Å². The summed E-state index contributed by atoms with van der Waals surface area (Å²) in [6, 6.07) is 14.9. The molecule has 1 aromatic carbocycles. The van der Waals surface area contributed by atoms with Crippen LogP contribution < -0.4 is 5.32 Å². The van der Waals surface area contributed by atoms with Crippen LogP contribution in [0, 0.1) is 0 Å². The third kappa shape index (κ3) is 4.77. The van der Waals surface area contributed by atoms with Crippen LogP contribution in [0.1, 0.15) is 19.0 Å². The minimum atomic E-state index is 0.969. The molecule has 3 heteroatoms. The Morgan fingerprint density at radius 3 is 2.74 bits per heavy atom. The standard InChI is InChI=1S/C16H22N2S/c1-2-10-17-14-15-7-6-11-18(15)12-13-19-16-8-4-3-5-9-16/h3-9,11,17H,2,10,12-14H2,1H3. The maximum absolute atomic E-state index is 3.46. The number of rotatable bonds is 8. The number of thioether (sulfide) groups is 1. The Bertz CT molecular complexity index is 465. The average Bonchev–Trinajstić information content (AvgIpc) is 2.88. The van der Waals surface area contributed by atoms with Gasteiger partial charge in [0.1, 0.15) is 0 Å². The van der Waals surface area contributed by atoms with Crippen molar-refractivity contribution in [3.63, 3.8) is 0 Å². The van der Waals surface area contributed by atoms with E-state index in [1.807, 2.05) is 11.8 Å². The molecule has 0 aliphatic carbocycles. The molecule has 0 unspecified atom stereocenters. The first-order valence-electron chi connectivity index (χ1n) is 6.92. The largest absolute Gasteiger partial charge is 0.349 e. The van der Waals surface area contributed by atoms with Gasteiger partial charge < -0.3 is 9.88 Å². The first-order valence-corrected chi connectivity index (χ1v) is 7.91. The van der Waals surface area contributed by atoms with Gasteiger partial charge in [-0.2, -0.15) is 0 Å². The first kappa shape index (κ1) is 14.2. The predicted octanol–water partition coefficient (Wildman–Crippen LogP) is 3.78. The topological polar surface area (TPSA) is 17.0 Å². The molecule has 0 aliphatic rings. The second-order valence-corrected chi connectivity index (χ2v) is 5.70. The second-order valence-electron chi connectivity index (χ2n) is 4.53. The summed E-state index contributed by atoms with van der Waals surface area (Å²) < 4.78 is 2.35. The SMILES string of the molecule is CCCNCc1cccn1CCSc1ccccc1. The van der Waals surface area contributed by atoms with E-state index in [1.54, 1.807) is 0 Å². The molecule has 0 bridgehead atoms. The van der Waals surface area contributed by atoms with Crippen LogP contribution in [0.2, 0.25) is 0 Å². The van der Waals surface area contributed by atoms with Crippen molar-refractivity contribution in [3.8, 4) is 0 Å². The quantitative estimate of drug-likeness (QED) is 0.583. The molecule has 2 nitrogen and oxygen atoms in total. The van der Waals surface area contributed by atoms with E-state index in [0.717, 1.165) is 25.4 Å². The lowest BCUT2D eigenvalue weighted by atomic mass is 10.4. The van der Waals surface area contributed by atoms with Crippen LogP contribution >= 0.6 is 11.8 Å². The van der Waals surface area contributed by atoms with Gasteiger partial charge in [0.25, 0.3) is 0 Å². The number of aromatic nitrogens is 1. The van der Waals surface area contributed by atoms with Crippen molar-refractivity contribution in [3.05, 3.63) is 54.4 Å². The highest BCUT2D eigenvalue weighted by atomic mass is 32.2. The van der Waals surface area contributed by atoms with Gasteiger partial charge in [0, 0.05) is 35.6 Å². The van der Waals surface area contributed by atoms with Gasteiger partial charge >= 0.3 is 0 Å². The summed E-state index contributed by atoms with van der Waals surface area (Å²) in [6.45, 7) is 5.32. The molecule has 0 radical (unpaired) electrons. The van der Waals surface area contributed by atoms with E-state index in [2.05, 4.69) is 65.5 Å². The fraction of sp³-hybridized carbons (Fsp3) is 0.375. The molecule has 1 heterocycles. The fourth-order valence-electron chi connectivity index (χ4n) is 2.00. The third-order valence-electron chi connectivity index (χ3n) is 3.00. The molecule has 0 aliphatic heterocycles. The van der Waals surface area contributed by atoms with Crippen molar-refractivity contribution in [2.24, 2.45) is 0 Å². The van der Waals surface area contributed by atoms with E-state index in [1.165, 1.54) is 17.0 Å². The smallest absolute Gasteiger partial charge is 0.0359 e. The molecule has 19 heavy (non-hydrogen) atoms. The van der Waals surface area contributed by atoms with Gasteiger partial charge in [0.15, 0.2) is 0 Å². The van der Waals surface area contributed by atoms with Crippen LogP contribution in [0.4, 0.5) is 0 Å². The molecule has 1 aromatic heterocycles. The lowest BCUT2D eigenvalue weighted by Crippen LogP contribution is -2.17. The second kappa shape index (κ2) is 8.08. The zero-order valence-electron chi connectivity index (χ0n) is 11.5. The monoisotopic (exact) mass is 274 g/mol. The summed E-state index contributed by atoms with van der Waals surface area (Å²) >= 11 is 1.91. The molecule has 2 rings (SSSR count). The van der Waals surface area contributed by atoms with Crippen molar-refractivity contribution in [1.29, 1.82) is 0 Å². The van der Waals surface area contributed by atoms with Gasteiger partial charge in [0.2, 0.25) is 0 Å². The molecule has 102 valence electrons. The molecule has 0 saturated heterocycles. The van der Waals surface area contributed by atoms with Gasteiger partial charge in [-0.25, -0.2) is 0 Å². The predicted molar refractivity (Wildman–Crippen MR) is 83.6 cm³/mol. The Morgan fingerprint density at radius 1 is 1.11 bits per heavy atom. The van der Waals surface area contributed by atoms with E-state index in [-0.39, 0.29) is 0 Å². The number of aryl methyl sites for hydroxylation is 1.